The molecule has 1 amide bonds. The summed E-state index contributed by atoms with van der Waals surface area (Å²) in [4.78, 5) is 12.0. The van der Waals surface area contributed by atoms with Crippen LogP contribution in [0.15, 0.2) is 30.3 Å². The van der Waals surface area contributed by atoms with Crippen LogP contribution >= 0.6 is 0 Å². The zero-order valence-electron chi connectivity index (χ0n) is 10.6. The van der Waals surface area contributed by atoms with Gasteiger partial charge in [0.2, 0.25) is 0 Å². The minimum Gasteiger partial charge on any atom is -0.394 e. The molecule has 0 bridgehead atoms. The van der Waals surface area contributed by atoms with E-state index in [1.165, 1.54) is 0 Å². The van der Waals surface area contributed by atoms with E-state index in [1.54, 1.807) is 30.3 Å². The van der Waals surface area contributed by atoms with E-state index < -0.39 is 43.2 Å². The normalized spacial score (nSPS) is 33.7. The summed E-state index contributed by atoms with van der Waals surface area (Å²) in [6, 6.07) is 7.12. The highest BCUT2D eigenvalue weighted by molar-refractivity contribution is 5.94. The molecule has 1 aromatic carbocycles. The molecular weight excluding hydrogens is 266 g/mol. The van der Waals surface area contributed by atoms with Crippen LogP contribution in [0, 0.1) is 0 Å². The Morgan fingerprint density at radius 2 is 1.80 bits per heavy atom. The maximum atomic E-state index is 12.0. The largest absolute Gasteiger partial charge is 0.394 e. The van der Waals surface area contributed by atoms with E-state index in [0.29, 0.717) is 5.56 Å². The number of hydrogen-bond acceptors (Lipinski definition) is 6. The zero-order valence-corrected chi connectivity index (χ0v) is 10.6. The Hall–Kier alpha value is -1.51. The fourth-order valence-electron chi connectivity index (χ4n) is 2.10. The van der Waals surface area contributed by atoms with Gasteiger partial charge >= 0.3 is 0 Å². The average molecular weight is 283 g/mol. The Labute approximate surface area is 115 Å². The predicted octanol–water partition coefficient (Wildman–Crippen LogP) is -1.78. The van der Waals surface area contributed by atoms with Crippen molar-refractivity contribution in [2.24, 2.45) is 0 Å². The van der Waals surface area contributed by atoms with Crippen LogP contribution in [0.3, 0.4) is 0 Å². The summed E-state index contributed by atoms with van der Waals surface area (Å²) in [5.74, 6) is -0.500. The highest BCUT2D eigenvalue weighted by atomic mass is 16.6. The predicted molar refractivity (Wildman–Crippen MR) is 67.7 cm³/mol. The minimum atomic E-state index is -1.59. The molecule has 7 heteroatoms. The summed E-state index contributed by atoms with van der Waals surface area (Å²) in [5, 5.41) is 40.7. The number of benzene rings is 1. The monoisotopic (exact) mass is 283 g/mol. The van der Waals surface area contributed by atoms with E-state index in [1.807, 2.05) is 0 Å². The van der Waals surface area contributed by atoms with Gasteiger partial charge in [0.25, 0.3) is 5.91 Å². The van der Waals surface area contributed by atoms with Gasteiger partial charge in [-0.1, -0.05) is 18.2 Å². The van der Waals surface area contributed by atoms with Crippen LogP contribution in [0.25, 0.3) is 0 Å². The third-order valence-corrected chi connectivity index (χ3v) is 3.24. The number of aliphatic hydroxyl groups excluding tert-OH is 4. The third-order valence-electron chi connectivity index (χ3n) is 3.24. The van der Waals surface area contributed by atoms with Crippen molar-refractivity contribution in [1.29, 1.82) is 0 Å². The van der Waals surface area contributed by atoms with Crippen molar-refractivity contribution < 1.29 is 30.0 Å². The molecule has 7 nitrogen and oxygen atoms in total. The number of ether oxygens (including phenoxy) is 1. The van der Waals surface area contributed by atoms with E-state index in [9.17, 15) is 20.1 Å². The Morgan fingerprint density at radius 1 is 1.15 bits per heavy atom. The lowest BCUT2D eigenvalue weighted by molar-refractivity contribution is -0.260. The molecule has 0 unspecified atom stereocenters. The lowest BCUT2D eigenvalue weighted by atomic mass is 9.96. The smallest absolute Gasteiger partial charge is 0.251 e. The third kappa shape index (κ3) is 2.97. The van der Waals surface area contributed by atoms with Crippen molar-refractivity contribution in [3.63, 3.8) is 0 Å². The molecule has 0 aliphatic carbocycles. The van der Waals surface area contributed by atoms with Gasteiger partial charge in [-0.05, 0) is 12.1 Å². The van der Waals surface area contributed by atoms with Gasteiger partial charge in [0.1, 0.15) is 18.3 Å². The van der Waals surface area contributed by atoms with E-state index >= 15 is 0 Å². The van der Waals surface area contributed by atoms with Crippen molar-refractivity contribution in [2.45, 2.75) is 30.6 Å². The minimum absolute atomic E-state index is 0.355. The molecular formula is C13H17NO6. The topological polar surface area (TPSA) is 119 Å². The van der Waals surface area contributed by atoms with Gasteiger partial charge in [-0.25, -0.2) is 0 Å². The fraction of sp³-hybridized carbons (Fsp3) is 0.462. The summed E-state index contributed by atoms with van der Waals surface area (Å²) >= 11 is 0. The molecule has 0 spiro atoms. The summed E-state index contributed by atoms with van der Waals surface area (Å²) in [5.41, 5.74) is 0.355. The first-order valence-electron chi connectivity index (χ1n) is 6.21. The second-order valence-corrected chi connectivity index (χ2v) is 4.59. The van der Waals surface area contributed by atoms with E-state index in [2.05, 4.69) is 5.32 Å². The molecule has 1 aromatic rings. The van der Waals surface area contributed by atoms with Crippen LogP contribution in [0.1, 0.15) is 10.4 Å². The molecule has 1 saturated heterocycles. The Kier molecular flexibility index (Phi) is 4.69. The maximum Gasteiger partial charge on any atom is 0.251 e. The summed E-state index contributed by atoms with van der Waals surface area (Å²) < 4.78 is 4.83. The SMILES string of the molecule is O=C(N[C@@H]1[C@H](O)[C@H](CO)O[C@H](O)[C@H]1O)c1ccccc1. The first-order valence-corrected chi connectivity index (χ1v) is 6.21. The number of carbonyl (C=O) groups is 1. The molecule has 2 rings (SSSR count). The van der Waals surface area contributed by atoms with Crippen LogP contribution in [0.4, 0.5) is 0 Å². The van der Waals surface area contributed by atoms with Gasteiger partial charge in [-0.15, -0.1) is 0 Å². The number of aliphatic hydroxyl groups is 4. The number of amides is 1. The highest BCUT2D eigenvalue weighted by Crippen LogP contribution is 2.20. The first-order chi connectivity index (χ1) is 9.54. The molecule has 1 aliphatic heterocycles. The summed E-state index contributed by atoms with van der Waals surface area (Å²) in [6.45, 7) is -0.539. The summed E-state index contributed by atoms with van der Waals surface area (Å²) in [6.07, 6.45) is -5.47. The molecule has 5 atom stereocenters. The lowest BCUT2D eigenvalue weighted by Crippen LogP contribution is -2.64. The Balaban J connectivity index is 2.11. The molecule has 0 radical (unpaired) electrons. The molecule has 110 valence electrons. The Morgan fingerprint density at radius 3 is 2.40 bits per heavy atom. The van der Waals surface area contributed by atoms with E-state index in [-0.39, 0.29) is 0 Å². The van der Waals surface area contributed by atoms with E-state index in [0.717, 1.165) is 0 Å². The molecule has 20 heavy (non-hydrogen) atoms. The number of carbonyl (C=O) groups excluding carboxylic acids is 1. The van der Waals surface area contributed by atoms with Gasteiger partial charge in [-0.3, -0.25) is 4.79 Å². The van der Waals surface area contributed by atoms with Gasteiger partial charge in [0.05, 0.1) is 12.6 Å². The van der Waals surface area contributed by atoms with Gasteiger partial charge in [0, 0.05) is 5.56 Å². The standard InChI is InChI=1S/C13H17NO6/c15-6-8-10(16)9(11(17)13(19)20-8)14-12(18)7-4-2-1-3-5-7/h1-5,8-11,13,15-17,19H,6H2,(H,14,18)/t8-,9+,10+,11-,13-/m0/s1. The van der Waals surface area contributed by atoms with Crippen LogP contribution in [-0.2, 0) is 4.74 Å². The van der Waals surface area contributed by atoms with Crippen LogP contribution in [-0.4, -0.2) is 63.6 Å². The van der Waals surface area contributed by atoms with Crippen LogP contribution < -0.4 is 5.32 Å². The number of nitrogens with one attached hydrogen (secondary N) is 1. The number of rotatable bonds is 3. The van der Waals surface area contributed by atoms with Crippen molar-refractivity contribution >= 4 is 5.91 Å². The highest BCUT2D eigenvalue weighted by Gasteiger charge is 2.44. The summed E-state index contributed by atoms with van der Waals surface area (Å²) in [7, 11) is 0. The molecule has 0 saturated carbocycles. The molecule has 0 aromatic heterocycles. The lowest BCUT2D eigenvalue weighted by Gasteiger charge is -2.40. The maximum absolute atomic E-state index is 12.0. The molecule has 5 N–H and O–H groups in total. The molecule has 1 heterocycles. The van der Waals surface area contributed by atoms with Crippen LogP contribution in [0.5, 0.6) is 0 Å². The molecule has 1 fully saturated rings. The van der Waals surface area contributed by atoms with Gasteiger partial charge < -0.3 is 30.5 Å². The number of hydrogen-bond donors (Lipinski definition) is 5. The second kappa shape index (κ2) is 6.29. The average Bonchev–Trinajstić information content (AvgIpc) is 2.48. The quantitative estimate of drug-likeness (QED) is 0.447. The Bertz CT molecular complexity index is 453. The van der Waals surface area contributed by atoms with Crippen molar-refractivity contribution in [1.82, 2.24) is 5.32 Å². The van der Waals surface area contributed by atoms with E-state index in [4.69, 9.17) is 9.84 Å². The van der Waals surface area contributed by atoms with Gasteiger partial charge in [-0.2, -0.15) is 0 Å². The first kappa shape index (κ1) is 14.9. The fourth-order valence-corrected chi connectivity index (χ4v) is 2.10. The molecule has 1 aliphatic rings. The van der Waals surface area contributed by atoms with Crippen molar-refractivity contribution in [2.75, 3.05) is 6.61 Å². The zero-order chi connectivity index (χ0) is 14.7. The van der Waals surface area contributed by atoms with Crippen molar-refractivity contribution in [3.05, 3.63) is 35.9 Å². The second-order valence-electron chi connectivity index (χ2n) is 4.59. The van der Waals surface area contributed by atoms with Crippen molar-refractivity contribution in [3.8, 4) is 0 Å². The van der Waals surface area contributed by atoms with Crippen LogP contribution in [0.2, 0.25) is 0 Å². The van der Waals surface area contributed by atoms with Gasteiger partial charge in [0.15, 0.2) is 6.29 Å².